The van der Waals surface area contributed by atoms with Gasteiger partial charge in [-0.1, -0.05) is 18.5 Å². The summed E-state index contributed by atoms with van der Waals surface area (Å²) < 4.78 is 0. The Morgan fingerprint density at radius 1 is 1.27 bits per heavy atom. The van der Waals surface area contributed by atoms with Gasteiger partial charge < -0.3 is 11.5 Å². The van der Waals surface area contributed by atoms with Gasteiger partial charge in [0.1, 0.15) is 5.84 Å². The van der Waals surface area contributed by atoms with Gasteiger partial charge >= 0.3 is 0 Å². The predicted molar refractivity (Wildman–Crippen MR) is 64.6 cm³/mol. The van der Waals surface area contributed by atoms with Crippen LogP contribution in [0.2, 0.25) is 5.02 Å². The van der Waals surface area contributed by atoms with Crippen molar-refractivity contribution >= 4 is 29.1 Å². The number of aliphatic imine (C=N–C) groups is 2. The molecule has 1 aromatic rings. The average Bonchev–Trinajstić information content (AvgIpc) is 2.21. The van der Waals surface area contributed by atoms with Crippen LogP contribution in [0.15, 0.2) is 34.3 Å². The lowest BCUT2D eigenvalue weighted by molar-refractivity contribution is 1.24. The van der Waals surface area contributed by atoms with Crippen LogP contribution in [0, 0.1) is 0 Å². The highest BCUT2D eigenvalue weighted by atomic mass is 35.5. The molecule has 0 bridgehead atoms. The molecule has 1 rings (SSSR count). The molecule has 0 aliphatic heterocycles. The molecule has 4 nitrogen and oxygen atoms in total. The van der Waals surface area contributed by atoms with Crippen molar-refractivity contribution in [2.45, 2.75) is 13.3 Å². The molecule has 0 fully saturated rings. The van der Waals surface area contributed by atoms with Gasteiger partial charge in [-0.25, -0.2) is 9.98 Å². The summed E-state index contributed by atoms with van der Waals surface area (Å²) >= 11 is 5.73. The van der Waals surface area contributed by atoms with E-state index in [0.717, 1.165) is 0 Å². The lowest BCUT2D eigenvalue weighted by atomic mass is 10.3. The first-order valence-corrected chi connectivity index (χ1v) is 4.92. The third-order valence-electron chi connectivity index (χ3n) is 1.69. The van der Waals surface area contributed by atoms with Gasteiger partial charge in [0, 0.05) is 11.4 Å². The van der Waals surface area contributed by atoms with Gasteiger partial charge in [0.25, 0.3) is 0 Å². The van der Waals surface area contributed by atoms with E-state index in [-0.39, 0.29) is 5.96 Å². The number of nitrogens with two attached hydrogens (primary N) is 2. The zero-order valence-electron chi connectivity index (χ0n) is 8.44. The fourth-order valence-electron chi connectivity index (χ4n) is 0.899. The summed E-state index contributed by atoms with van der Waals surface area (Å²) in [6, 6.07) is 6.99. The fraction of sp³-hybridized carbons (Fsp3) is 0.200. The van der Waals surface area contributed by atoms with Gasteiger partial charge in [-0.05, 0) is 24.3 Å². The van der Waals surface area contributed by atoms with E-state index in [1.54, 1.807) is 24.3 Å². The topological polar surface area (TPSA) is 76.8 Å². The van der Waals surface area contributed by atoms with E-state index in [9.17, 15) is 0 Å². The number of hydrogen-bond donors (Lipinski definition) is 2. The average molecular weight is 225 g/mol. The molecule has 80 valence electrons. The summed E-state index contributed by atoms with van der Waals surface area (Å²) in [4.78, 5) is 7.96. The van der Waals surface area contributed by atoms with E-state index in [4.69, 9.17) is 23.1 Å². The second kappa shape index (κ2) is 5.36. The smallest absolute Gasteiger partial charge is 0.222 e. The normalized spacial score (nSPS) is 12.9. The van der Waals surface area contributed by atoms with Crippen LogP contribution in [0.3, 0.4) is 0 Å². The SMILES string of the molecule is CCC(N)=NC(N)=Nc1ccc(Cl)cc1. The number of nitrogens with zero attached hydrogens (tertiary/aromatic N) is 2. The van der Waals surface area contributed by atoms with Gasteiger partial charge in [-0.15, -0.1) is 0 Å². The number of amidine groups is 1. The van der Waals surface area contributed by atoms with Crippen molar-refractivity contribution in [1.29, 1.82) is 0 Å². The Morgan fingerprint density at radius 2 is 1.87 bits per heavy atom. The highest BCUT2D eigenvalue weighted by molar-refractivity contribution is 6.30. The molecule has 0 amide bonds. The Balaban J connectivity index is 2.83. The molecule has 1 aromatic carbocycles. The monoisotopic (exact) mass is 224 g/mol. The van der Waals surface area contributed by atoms with Crippen molar-refractivity contribution < 1.29 is 0 Å². The summed E-state index contributed by atoms with van der Waals surface area (Å²) in [5, 5.41) is 0.657. The molecule has 4 N–H and O–H groups in total. The van der Waals surface area contributed by atoms with E-state index >= 15 is 0 Å². The van der Waals surface area contributed by atoms with Crippen LogP contribution in [-0.2, 0) is 0 Å². The summed E-state index contributed by atoms with van der Waals surface area (Å²) in [7, 11) is 0. The van der Waals surface area contributed by atoms with Crippen LogP contribution >= 0.6 is 11.6 Å². The van der Waals surface area contributed by atoms with Gasteiger partial charge in [0.15, 0.2) is 0 Å². The maximum absolute atomic E-state index is 5.73. The maximum Gasteiger partial charge on any atom is 0.222 e. The van der Waals surface area contributed by atoms with Crippen molar-refractivity contribution in [2.75, 3.05) is 0 Å². The molecule has 0 spiro atoms. The van der Waals surface area contributed by atoms with Gasteiger partial charge in [0.2, 0.25) is 5.96 Å². The zero-order chi connectivity index (χ0) is 11.3. The van der Waals surface area contributed by atoms with Crippen LogP contribution < -0.4 is 11.5 Å². The molecule has 15 heavy (non-hydrogen) atoms. The molecule has 0 radical (unpaired) electrons. The van der Waals surface area contributed by atoms with Crippen molar-refractivity contribution in [3.8, 4) is 0 Å². The molecular weight excluding hydrogens is 212 g/mol. The minimum Gasteiger partial charge on any atom is -0.387 e. The Hall–Kier alpha value is -1.55. The highest BCUT2D eigenvalue weighted by Gasteiger charge is 1.93. The standard InChI is InChI=1S/C10H13ClN4/c1-2-9(12)15-10(13)14-8-5-3-7(11)4-6-8/h3-6H,2H2,1H3,(H4,12,13,14,15). The fourth-order valence-corrected chi connectivity index (χ4v) is 1.03. The first-order chi connectivity index (χ1) is 7.11. The van der Waals surface area contributed by atoms with E-state index in [2.05, 4.69) is 9.98 Å². The summed E-state index contributed by atoms with van der Waals surface area (Å²) in [5.74, 6) is 0.613. The third kappa shape index (κ3) is 3.99. The lowest BCUT2D eigenvalue weighted by Crippen LogP contribution is -2.17. The van der Waals surface area contributed by atoms with Crippen molar-refractivity contribution in [1.82, 2.24) is 0 Å². The zero-order valence-corrected chi connectivity index (χ0v) is 9.20. The number of hydrogen-bond acceptors (Lipinski definition) is 1. The summed E-state index contributed by atoms with van der Waals surface area (Å²) in [6.07, 6.45) is 0.650. The number of halogens is 1. The van der Waals surface area contributed by atoms with Crippen molar-refractivity contribution in [3.05, 3.63) is 29.3 Å². The number of rotatable bonds is 2. The quantitative estimate of drug-likeness (QED) is 0.596. The molecule has 0 aliphatic carbocycles. The van der Waals surface area contributed by atoms with E-state index in [0.29, 0.717) is 23.0 Å². The lowest BCUT2D eigenvalue weighted by Gasteiger charge is -1.97. The molecule has 0 saturated carbocycles. The molecule has 0 unspecified atom stereocenters. The first-order valence-electron chi connectivity index (χ1n) is 4.54. The first kappa shape index (κ1) is 11.5. The van der Waals surface area contributed by atoms with Crippen LogP contribution in [0.25, 0.3) is 0 Å². The van der Waals surface area contributed by atoms with Gasteiger partial charge in [0.05, 0.1) is 5.69 Å². The summed E-state index contributed by atoms with van der Waals surface area (Å²) in [6.45, 7) is 1.90. The Bertz CT molecular complexity index is 381. The van der Waals surface area contributed by atoms with E-state index < -0.39 is 0 Å². The molecule has 0 atom stereocenters. The minimum absolute atomic E-state index is 0.150. The Kier molecular flexibility index (Phi) is 4.12. The van der Waals surface area contributed by atoms with E-state index in [1.165, 1.54) is 0 Å². The molecule has 0 saturated heterocycles. The predicted octanol–water partition coefficient (Wildman–Crippen LogP) is 2.05. The van der Waals surface area contributed by atoms with Crippen molar-refractivity contribution in [2.24, 2.45) is 21.5 Å². The number of benzene rings is 1. The highest BCUT2D eigenvalue weighted by Crippen LogP contribution is 2.15. The maximum atomic E-state index is 5.73. The van der Waals surface area contributed by atoms with Crippen LogP contribution in [-0.4, -0.2) is 11.8 Å². The van der Waals surface area contributed by atoms with E-state index in [1.807, 2.05) is 6.92 Å². The molecule has 5 heteroatoms. The second-order valence-electron chi connectivity index (χ2n) is 2.90. The molecule has 0 aliphatic rings. The van der Waals surface area contributed by atoms with Crippen LogP contribution in [0.1, 0.15) is 13.3 Å². The molecule has 0 aromatic heterocycles. The van der Waals surface area contributed by atoms with Crippen LogP contribution in [0.5, 0.6) is 0 Å². The Labute approximate surface area is 93.7 Å². The molecular formula is C10H13ClN4. The van der Waals surface area contributed by atoms with Gasteiger partial charge in [-0.2, -0.15) is 0 Å². The number of guanidine groups is 1. The van der Waals surface area contributed by atoms with Crippen molar-refractivity contribution in [3.63, 3.8) is 0 Å². The second-order valence-corrected chi connectivity index (χ2v) is 3.34. The molecule has 0 heterocycles. The minimum atomic E-state index is 0.150. The third-order valence-corrected chi connectivity index (χ3v) is 1.94. The largest absolute Gasteiger partial charge is 0.387 e. The van der Waals surface area contributed by atoms with Crippen LogP contribution in [0.4, 0.5) is 5.69 Å². The summed E-state index contributed by atoms with van der Waals surface area (Å²) in [5.41, 5.74) is 11.8. The van der Waals surface area contributed by atoms with Gasteiger partial charge in [-0.3, -0.25) is 0 Å². The Morgan fingerprint density at radius 3 is 2.40 bits per heavy atom.